The standard InChI is InChI=1S/C18H24N4OS.HI/c1-4-20-18(22-12-16-9-8-13(2)24-16)21-11-14-6-5-7-15(10-14)17(23)19-3;/h5-10H,4,11-12H2,1-3H3,(H,19,23)(H2,20,21,22);1H. The summed E-state index contributed by atoms with van der Waals surface area (Å²) < 4.78 is 0. The molecule has 0 fully saturated rings. The Bertz CT molecular complexity index is 715. The fraction of sp³-hybridized carbons (Fsp3) is 0.333. The van der Waals surface area contributed by atoms with Gasteiger partial charge < -0.3 is 16.0 Å². The highest BCUT2D eigenvalue weighted by Crippen LogP contribution is 2.14. The predicted octanol–water partition coefficient (Wildman–Crippen LogP) is 3.29. The van der Waals surface area contributed by atoms with Gasteiger partial charge in [0.2, 0.25) is 0 Å². The first-order valence-corrected chi connectivity index (χ1v) is 8.82. The monoisotopic (exact) mass is 472 g/mol. The zero-order chi connectivity index (χ0) is 17.4. The van der Waals surface area contributed by atoms with Crippen molar-refractivity contribution in [3.8, 4) is 0 Å². The molecule has 1 aromatic carbocycles. The van der Waals surface area contributed by atoms with Gasteiger partial charge in [0.1, 0.15) is 0 Å². The Balaban J connectivity index is 0.00000312. The van der Waals surface area contributed by atoms with Gasteiger partial charge in [-0.25, -0.2) is 4.99 Å². The molecule has 0 aliphatic carbocycles. The van der Waals surface area contributed by atoms with Gasteiger partial charge in [0.15, 0.2) is 5.96 Å². The number of aryl methyl sites for hydroxylation is 1. The van der Waals surface area contributed by atoms with Gasteiger partial charge in [-0.3, -0.25) is 4.79 Å². The van der Waals surface area contributed by atoms with Crippen molar-refractivity contribution in [1.82, 2.24) is 16.0 Å². The molecule has 0 saturated heterocycles. The van der Waals surface area contributed by atoms with Crippen LogP contribution in [-0.2, 0) is 13.1 Å². The molecule has 7 heteroatoms. The third-order valence-electron chi connectivity index (χ3n) is 3.41. The first kappa shape index (κ1) is 21.4. The number of carbonyl (C=O) groups excluding carboxylic acids is 1. The van der Waals surface area contributed by atoms with E-state index < -0.39 is 0 Å². The minimum atomic E-state index is -0.0843. The molecular weight excluding hydrogens is 447 g/mol. The number of nitrogens with zero attached hydrogens (tertiary/aromatic N) is 1. The highest BCUT2D eigenvalue weighted by molar-refractivity contribution is 14.0. The smallest absolute Gasteiger partial charge is 0.251 e. The second-order valence-electron chi connectivity index (χ2n) is 5.34. The SMILES string of the molecule is CCNC(=NCc1cccc(C(=O)NC)c1)NCc1ccc(C)s1.I. The molecule has 1 heterocycles. The van der Waals surface area contributed by atoms with Crippen LogP contribution in [0.25, 0.3) is 0 Å². The van der Waals surface area contributed by atoms with E-state index in [1.54, 1.807) is 24.5 Å². The molecule has 1 aromatic heterocycles. The summed E-state index contributed by atoms with van der Waals surface area (Å²) in [5.74, 6) is 0.688. The maximum absolute atomic E-state index is 11.7. The quantitative estimate of drug-likeness (QED) is 0.344. The van der Waals surface area contributed by atoms with E-state index >= 15 is 0 Å². The second kappa shape index (κ2) is 11.1. The highest BCUT2D eigenvalue weighted by Gasteiger charge is 2.04. The van der Waals surface area contributed by atoms with Crippen molar-refractivity contribution in [1.29, 1.82) is 0 Å². The molecule has 0 unspecified atom stereocenters. The molecule has 3 N–H and O–H groups in total. The Morgan fingerprint density at radius 2 is 2.00 bits per heavy atom. The van der Waals surface area contributed by atoms with Crippen LogP contribution in [0.1, 0.15) is 32.6 Å². The Morgan fingerprint density at radius 1 is 1.20 bits per heavy atom. The van der Waals surface area contributed by atoms with Crippen LogP contribution in [0.4, 0.5) is 0 Å². The third-order valence-corrected chi connectivity index (χ3v) is 4.41. The van der Waals surface area contributed by atoms with Crippen molar-refractivity contribution in [3.05, 3.63) is 57.3 Å². The summed E-state index contributed by atoms with van der Waals surface area (Å²) >= 11 is 1.78. The van der Waals surface area contributed by atoms with Gasteiger partial charge in [-0.05, 0) is 43.7 Å². The molecule has 2 rings (SSSR count). The summed E-state index contributed by atoms with van der Waals surface area (Å²) in [4.78, 5) is 18.9. The molecule has 0 atom stereocenters. The van der Waals surface area contributed by atoms with Gasteiger partial charge in [-0.2, -0.15) is 0 Å². The van der Waals surface area contributed by atoms with E-state index in [1.165, 1.54) is 9.75 Å². The van der Waals surface area contributed by atoms with Crippen LogP contribution in [-0.4, -0.2) is 25.5 Å². The lowest BCUT2D eigenvalue weighted by atomic mass is 10.1. The number of nitrogens with one attached hydrogen (secondary N) is 3. The average Bonchev–Trinajstić information content (AvgIpc) is 3.02. The Hall–Kier alpha value is -1.61. The van der Waals surface area contributed by atoms with Crippen molar-refractivity contribution < 1.29 is 4.79 Å². The van der Waals surface area contributed by atoms with Crippen molar-refractivity contribution in [2.24, 2.45) is 4.99 Å². The van der Waals surface area contributed by atoms with Crippen LogP contribution < -0.4 is 16.0 Å². The average molecular weight is 472 g/mol. The number of thiophene rings is 1. The van der Waals surface area contributed by atoms with Crippen LogP contribution in [0.5, 0.6) is 0 Å². The van der Waals surface area contributed by atoms with Gasteiger partial charge in [0.25, 0.3) is 5.91 Å². The highest BCUT2D eigenvalue weighted by atomic mass is 127. The first-order valence-electron chi connectivity index (χ1n) is 8.01. The van der Waals surface area contributed by atoms with E-state index in [0.717, 1.165) is 24.6 Å². The molecule has 1 amide bonds. The van der Waals surface area contributed by atoms with E-state index in [4.69, 9.17) is 0 Å². The summed E-state index contributed by atoms with van der Waals surface area (Å²) in [5, 5.41) is 9.22. The number of hydrogen-bond donors (Lipinski definition) is 3. The lowest BCUT2D eigenvalue weighted by molar-refractivity contribution is 0.0963. The van der Waals surface area contributed by atoms with Crippen LogP contribution in [0, 0.1) is 6.92 Å². The van der Waals surface area contributed by atoms with E-state index in [0.29, 0.717) is 12.1 Å². The summed E-state index contributed by atoms with van der Waals surface area (Å²) in [6, 6.07) is 11.8. The van der Waals surface area contributed by atoms with Crippen molar-refractivity contribution in [2.45, 2.75) is 26.9 Å². The minimum Gasteiger partial charge on any atom is -0.357 e. The molecule has 0 spiro atoms. The number of aliphatic imine (C=N–C) groups is 1. The van der Waals surface area contributed by atoms with E-state index in [-0.39, 0.29) is 29.9 Å². The van der Waals surface area contributed by atoms with Crippen LogP contribution >= 0.6 is 35.3 Å². The van der Waals surface area contributed by atoms with E-state index in [2.05, 4.69) is 40.0 Å². The Kier molecular flexibility index (Phi) is 9.51. The van der Waals surface area contributed by atoms with Crippen LogP contribution in [0.2, 0.25) is 0 Å². The maximum atomic E-state index is 11.7. The fourth-order valence-corrected chi connectivity index (χ4v) is 3.05. The molecule has 136 valence electrons. The first-order chi connectivity index (χ1) is 11.6. The van der Waals surface area contributed by atoms with Gasteiger partial charge >= 0.3 is 0 Å². The maximum Gasteiger partial charge on any atom is 0.251 e. The molecule has 5 nitrogen and oxygen atoms in total. The lowest BCUT2D eigenvalue weighted by Crippen LogP contribution is -2.36. The normalized spacial score (nSPS) is 10.8. The predicted molar refractivity (Wildman–Crippen MR) is 116 cm³/mol. The number of halogens is 1. The number of carbonyl (C=O) groups is 1. The second-order valence-corrected chi connectivity index (χ2v) is 6.71. The number of rotatable bonds is 6. The van der Waals surface area contributed by atoms with Gasteiger partial charge in [-0.1, -0.05) is 12.1 Å². The Labute approximate surface area is 170 Å². The van der Waals surface area contributed by atoms with Gasteiger partial charge in [0, 0.05) is 28.9 Å². The van der Waals surface area contributed by atoms with Crippen LogP contribution in [0.3, 0.4) is 0 Å². The van der Waals surface area contributed by atoms with E-state index in [9.17, 15) is 4.79 Å². The molecular formula is C18H25IN4OS. The molecule has 0 aliphatic heterocycles. The molecule has 2 aromatic rings. The zero-order valence-electron chi connectivity index (χ0n) is 14.8. The molecule has 0 radical (unpaired) electrons. The van der Waals surface area contributed by atoms with Crippen molar-refractivity contribution >= 4 is 47.2 Å². The van der Waals surface area contributed by atoms with E-state index in [1.807, 2.05) is 25.1 Å². The summed E-state index contributed by atoms with van der Waals surface area (Å²) in [5.41, 5.74) is 1.65. The number of hydrogen-bond acceptors (Lipinski definition) is 3. The minimum absolute atomic E-state index is 0. The topological polar surface area (TPSA) is 65.5 Å². The summed E-state index contributed by atoms with van der Waals surface area (Å²) in [6.07, 6.45) is 0. The van der Waals surface area contributed by atoms with Gasteiger partial charge in [0.05, 0.1) is 13.1 Å². The zero-order valence-corrected chi connectivity index (χ0v) is 17.9. The third kappa shape index (κ3) is 7.03. The van der Waals surface area contributed by atoms with Gasteiger partial charge in [-0.15, -0.1) is 35.3 Å². The molecule has 0 bridgehead atoms. The molecule has 25 heavy (non-hydrogen) atoms. The van der Waals surface area contributed by atoms with Crippen LogP contribution in [0.15, 0.2) is 41.4 Å². The summed E-state index contributed by atoms with van der Waals surface area (Å²) in [6.45, 7) is 6.21. The molecule has 0 aliphatic rings. The number of benzene rings is 1. The van der Waals surface area contributed by atoms with Crippen molar-refractivity contribution in [2.75, 3.05) is 13.6 Å². The lowest BCUT2D eigenvalue weighted by Gasteiger charge is -2.10. The number of guanidine groups is 1. The molecule has 0 saturated carbocycles. The fourth-order valence-electron chi connectivity index (χ4n) is 2.22. The largest absolute Gasteiger partial charge is 0.357 e. The number of amides is 1. The Morgan fingerprint density at radius 3 is 2.64 bits per heavy atom. The van der Waals surface area contributed by atoms with Crippen molar-refractivity contribution in [3.63, 3.8) is 0 Å². The summed E-state index contributed by atoms with van der Waals surface area (Å²) in [7, 11) is 1.63.